The van der Waals surface area contributed by atoms with E-state index in [1.165, 1.54) is 28.4 Å². The Morgan fingerprint density at radius 2 is 1.27 bits per heavy atom. The average Bonchev–Trinajstić information content (AvgIpc) is 2.67. The largest absolute Gasteiger partial charge is 0.497 e. The van der Waals surface area contributed by atoms with Crippen molar-refractivity contribution in [1.29, 1.82) is 0 Å². The van der Waals surface area contributed by atoms with Crippen LogP contribution in [-0.2, 0) is 4.74 Å². The summed E-state index contributed by atoms with van der Waals surface area (Å²) in [4.78, 5) is 12.3. The first-order valence-electron chi connectivity index (χ1n) is 7.73. The molecule has 0 amide bonds. The number of esters is 1. The molecule has 7 nitrogen and oxygen atoms in total. The van der Waals surface area contributed by atoms with Gasteiger partial charge in [-0.1, -0.05) is 0 Å². The van der Waals surface area contributed by atoms with Crippen LogP contribution in [0.15, 0.2) is 24.3 Å². The molecule has 0 unspecified atom stereocenters. The lowest BCUT2D eigenvalue weighted by molar-refractivity contribution is 0.0594. The molecule has 0 radical (unpaired) electrons. The molecule has 140 valence electrons. The SMILES string of the molecule is COC(=O)c1c(OC)cc(OC)cc1Oc1c(C)cc(OC)cc1OC. The predicted molar refractivity (Wildman–Crippen MR) is 95.2 cm³/mol. The second-order valence-electron chi connectivity index (χ2n) is 5.27. The van der Waals surface area contributed by atoms with E-state index in [0.29, 0.717) is 23.0 Å². The Morgan fingerprint density at radius 3 is 1.81 bits per heavy atom. The zero-order valence-corrected chi connectivity index (χ0v) is 15.7. The Kier molecular flexibility index (Phi) is 6.16. The number of hydrogen-bond donors (Lipinski definition) is 0. The van der Waals surface area contributed by atoms with Crippen molar-refractivity contribution in [3.8, 4) is 34.5 Å². The van der Waals surface area contributed by atoms with Crippen LogP contribution < -0.4 is 23.7 Å². The molecule has 0 aromatic heterocycles. The number of carbonyl (C=O) groups excluding carboxylic acids is 1. The fourth-order valence-corrected chi connectivity index (χ4v) is 2.45. The molecule has 0 saturated heterocycles. The Bertz CT molecular complexity index is 799. The highest BCUT2D eigenvalue weighted by atomic mass is 16.5. The fraction of sp³-hybridized carbons (Fsp3) is 0.316. The number of carbonyl (C=O) groups is 1. The van der Waals surface area contributed by atoms with Crippen LogP contribution in [0.4, 0.5) is 0 Å². The lowest BCUT2D eigenvalue weighted by Crippen LogP contribution is -2.07. The Balaban J connectivity index is 2.64. The second kappa shape index (κ2) is 8.33. The molecular weight excluding hydrogens is 340 g/mol. The van der Waals surface area contributed by atoms with Gasteiger partial charge in [0.15, 0.2) is 11.5 Å². The fourth-order valence-electron chi connectivity index (χ4n) is 2.45. The van der Waals surface area contributed by atoms with Crippen LogP contribution in [-0.4, -0.2) is 41.5 Å². The third-order valence-corrected chi connectivity index (χ3v) is 3.77. The van der Waals surface area contributed by atoms with Gasteiger partial charge in [0, 0.05) is 18.2 Å². The molecule has 0 heterocycles. The summed E-state index contributed by atoms with van der Waals surface area (Å²) in [5.74, 6) is 1.89. The molecule has 2 aromatic carbocycles. The summed E-state index contributed by atoms with van der Waals surface area (Å²) in [5.41, 5.74) is 0.909. The zero-order valence-electron chi connectivity index (χ0n) is 15.7. The van der Waals surface area contributed by atoms with E-state index in [1.54, 1.807) is 31.4 Å². The molecule has 2 aromatic rings. The smallest absolute Gasteiger partial charge is 0.345 e. The van der Waals surface area contributed by atoms with Gasteiger partial charge < -0.3 is 28.4 Å². The van der Waals surface area contributed by atoms with Gasteiger partial charge in [-0.3, -0.25) is 0 Å². The van der Waals surface area contributed by atoms with Gasteiger partial charge in [-0.05, 0) is 18.6 Å². The van der Waals surface area contributed by atoms with Gasteiger partial charge in [0.05, 0.1) is 35.5 Å². The molecular formula is C19H22O7. The van der Waals surface area contributed by atoms with Crippen molar-refractivity contribution in [1.82, 2.24) is 0 Å². The predicted octanol–water partition coefficient (Wildman–Crippen LogP) is 3.61. The van der Waals surface area contributed by atoms with Crippen LogP contribution in [0.1, 0.15) is 15.9 Å². The first-order chi connectivity index (χ1) is 12.5. The van der Waals surface area contributed by atoms with Gasteiger partial charge in [0.25, 0.3) is 0 Å². The van der Waals surface area contributed by atoms with Crippen LogP contribution in [0.2, 0.25) is 0 Å². The number of methoxy groups -OCH3 is 5. The highest BCUT2D eigenvalue weighted by Crippen LogP contribution is 2.42. The van der Waals surface area contributed by atoms with Crippen molar-refractivity contribution >= 4 is 5.97 Å². The van der Waals surface area contributed by atoms with Crippen LogP contribution in [0, 0.1) is 6.92 Å². The van der Waals surface area contributed by atoms with E-state index < -0.39 is 5.97 Å². The third-order valence-electron chi connectivity index (χ3n) is 3.77. The van der Waals surface area contributed by atoms with Crippen molar-refractivity contribution in [2.75, 3.05) is 35.5 Å². The summed E-state index contributed by atoms with van der Waals surface area (Å²) in [7, 11) is 7.33. The first-order valence-corrected chi connectivity index (χ1v) is 7.73. The monoisotopic (exact) mass is 362 g/mol. The molecule has 0 spiro atoms. The van der Waals surface area contributed by atoms with Gasteiger partial charge in [0.2, 0.25) is 0 Å². The van der Waals surface area contributed by atoms with Gasteiger partial charge in [-0.25, -0.2) is 4.79 Å². The minimum atomic E-state index is -0.593. The molecule has 0 aliphatic carbocycles. The summed E-state index contributed by atoms with van der Waals surface area (Å²) in [6.45, 7) is 1.84. The molecule has 0 saturated carbocycles. The number of benzene rings is 2. The Hall–Kier alpha value is -3.09. The van der Waals surface area contributed by atoms with Crippen LogP contribution in [0.25, 0.3) is 0 Å². The maximum absolute atomic E-state index is 12.3. The Labute approximate surface area is 152 Å². The lowest BCUT2D eigenvalue weighted by atomic mass is 10.1. The first kappa shape index (κ1) is 19.2. The van der Waals surface area contributed by atoms with E-state index in [0.717, 1.165) is 5.56 Å². The second-order valence-corrected chi connectivity index (χ2v) is 5.27. The molecule has 0 aliphatic heterocycles. The van der Waals surface area contributed by atoms with Crippen molar-refractivity contribution in [2.24, 2.45) is 0 Å². The van der Waals surface area contributed by atoms with Crippen molar-refractivity contribution in [3.63, 3.8) is 0 Å². The molecule has 0 atom stereocenters. The number of hydrogen-bond acceptors (Lipinski definition) is 7. The van der Waals surface area contributed by atoms with Crippen molar-refractivity contribution in [3.05, 3.63) is 35.4 Å². The summed E-state index contributed by atoms with van der Waals surface area (Å²) in [5, 5.41) is 0. The lowest BCUT2D eigenvalue weighted by Gasteiger charge is -2.18. The number of ether oxygens (including phenoxy) is 6. The van der Waals surface area contributed by atoms with E-state index in [-0.39, 0.29) is 17.1 Å². The molecule has 26 heavy (non-hydrogen) atoms. The van der Waals surface area contributed by atoms with E-state index in [4.69, 9.17) is 28.4 Å². The minimum absolute atomic E-state index is 0.146. The van der Waals surface area contributed by atoms with E-state index in [9.17, 15) is 4.79 Å². The van der Waals surface area contributed by atoms with Crippen LogP contribution >= 0.6 is 0 Å². The minimum Gasteiger partial charge on any atom is -0.497 e. The average molecular weight is 362 g/mol. The van der Waals surface area contributed by atoms with Crippen LogP contribution in [0.5, 0.6) is 34.5 Å². The van der Waals surface area contributed by atoms with Crippen LogP contribution in [0.3, 0.4) is 0 Å². The third kappa shape index (κ3) is 3.77. The van der Waals surface area contributed by atoms with E-state index >= 15 is 0 Å². The topological polar surface area (TPSA) is 72.5 Å². The van der Waals surface area contributed by atoms with Crippen molar-refractivity contribution in [2.45, 2.75) is 6.92 Å². The quantitative estimate of drug-likeness (QED) is 0.697. The van der Waals surface area contributed by atoms with Gasteiger partial charge in [-0.15, -0.1) is 0 Å². The Morgan fingerprint density at radius 1 is 0.731 bits per heavy atom. The molecule has 0 fully saturated rings. The molecule has 2 rings (SSSR count). The highest BCUT2D eigenvalue weighted by Gasteiger charge is 2.24. The summed E-state index contributed by atoms with van der Waals surface area (Å²) < 4.78 is 32.1. The molecule has 0 bridgehead atoms. The standard InChI is InChI=1S/C19H22O7/c1-11-7-12(21-2)10-16(24-5)18(11)26-15-9-13(22-3)8-14(23-4)17(15)19(20)25-6/h7-10H,1-6H3. The molecule has 0 aliphatic rings. The maximum atomic E-state index is 12.3. The summed E-state index contributed by atoms with van der Waals surface area (Å²) in [6.07, 6.45) is 0. The highest BCUT2D eigenvalue weighted by molar-refractivity contribution is 5.96. The summed E-state index contributed by atoms with van der Waals surface area (Å²) in [6, 6.07) is 6.65. The van der Waals surface area contributed by atoms with E-state index in [2.05, 4.69) is 0 Å². The van der Waals surface area contributed by atoms with Crippen molar-refractivity contribution < 1.29 is 33.2 Å². The number of aryl methyl sites for hydroxylation is 1. The maximum Gasteiger partial charge on any atom is 0.345 e. The zero-order chi connectivity index (χ0) is 19.3. The summed E-state index contributed by atoms with van der Waals surface area (Å²) >= 11 is 0. The van der Waals surface area contributed by atoms with Gasteiger partial charge in [-0.2, -0.15) is 0 Å². The molecule has 0 N–H and O–H groups in total. The van der Waals surface area contributed by atoms with Gasteiger partial charge in [0.1, 0.15) is 28.6 Å². The normalized spacial score (nSPS) is 10.1. The van der Waals surface area contributed by atoms with E-state index in [1.807, 2.05) is 6.92 Å². The molecule has 7 heteroatoms. The number of rotatable bonds is 7. The van der Waals surface area contributed by atoms with Gasteiger partial charge >= 0.3 is 5.97 Å².